The molecule has 0 unspecified atom stereocenters. The zero-order chi connectivity index (χ0) is 26.1. The van der Waals surface area contributed by atoms with E-state index in [0.29, 0.717) is 13.0 Å². The molecule has 0 saturated heterocycles. The smallest absolute Gasteiger partial charge is 0.350 e. The standard InChI is InChI=1S/C28H28F3N7/c29-28(30,31)23-15-32-27(36-26(23)38-14-11-24-25(17-38)34-18-33-24)35-22-7-5-19(6-8-22)16-37-12-9-20-3-1-2-4-21(20)10-13-37/h1-8,15,18H,9-14,16-17H2,(H,33,34)(H,32,35,36). The number of rotatable bonds is 5. The Morgan fingerprint density at radius 1 is 0.895 bits per heavy atom. The molecule has 2 N–H and O–H groups in total. The van der Waals surface area contributed by atoms with Crippen LogP contribution in [0.15, 0.2) is 61.1 Å². The van der Waals surface area contributed by atoms with Gasteiger partial charge in [0.2, 0.25) is 5.95 Å². The Balaban J connectivity index is 1.15. The number of benzene rings is 2. The minimum Gasteiger partial charge on any atom is -0.350 e. The van der Waals surface area contributed by atoms with Crippen molar-refractivity contribution in [3.8, 4) is 0 Å². The summed E-state index contributed by atoms with van der Waals surface area (Å²) in [5, 5.41) is 3.08. The summed E-state index contributed by atoms with van der Waals surface area (Å²) in [6.07, 6.45) is 0.529. The molecule has 0 bridgehead atoms. The molecular formula is C28H28F3N7. The summed E-state index contributed by atoms with van der Waals surface area (Å²) >= 11 is 0. The number of nitrogens with zero attached hydrogens (tertiary/aromatic N) is 5. The van der Waals surface area contributed by atoms with Crippen LogP contribution in [-0.4, -0.2) is 44.5 Å². The van der Waals surface area contributed by atoms with Crippen LogP contribution in [0.1, 0.15) is 33.6 Å². The molecule has 2 aliphatic rings. The molecule has 2 aliphatic heterocycles. The molecule has 0 radical (unpaired) electrons. The van der Waals surface area contributed by atoms with Gasteiger partial charge in [-0.05, 0) is 41.7 Å². The Labute approximate surface area is 218 Å². The Hall–Kier alpha value is -3.92. The second-order valence-electron chi connectivity index (χ2n) is 9.79. The molecule has 2 aromatic heterocycles. The lowest BCUT2D eigenvalue weighted by Gasteiger charge is -2.29. The summed E-state index contributed by atoms with van der Waals surface area (Å²) in [5.74, 6) is -0.0127. The molecule has 196 valence electrons. The van der Waals surface area contributed by atoms with Crippen LogP contribution in [0.3, 0.4) is 0 Å². The number of nitrogens with one attached hydrogen (secondary N) is 2. The van der Waals surface area contributed by atoms with E-state index < -0.39 is 11.7 Å². The number of H-pyrrole nitrogens is 1. The molecular weight excluding hydrogens is 491 g/mol. The van der Waals surface area contributed by atoms with Crippen LogP contribution in [0.25, 0.3) is 0 Å². The summed E-state index contributed by atoms with van der Waals surface area (Å²) in [6.45, 7) is 3.53. The monoisotopic (exact) mass is 519 g/mol. The lowest BCUT2D eigenvalue weighted by molar-refractivity contribution is -0.137. The number of hydrogen-bond acceptors (Lipinski definition) is 6. The summed E-state index contributed by atoms with van der Waals surface area (Å²) in [5.41, 5.74) is 5.60. The summed E-state index contributed by atoms with van der Waals surface area (Å²) in [6, 6.07) is 16.5. The summed E-state index contributed by atoms with van der Waals surface area (Å²) in [4.78, 5) is 19.6. The summed E-state index contributed by atoms with van der Waals surface area (Å²) < 4.78 is 41.4. The van der Waals surface area contributed by atoms with Crippen molar-refractivity contribution in [2.45, 2.75) is 38.5 Å². The maximum atomic E-state index is 13.8. The molecule has 2 aromatic carbocycles. The van der Waals surface area contributed by atoms with Crippen molar-refractivity contribution < 1.29 is 13.2 Å². The molecule has 10 heteroatoms. The van der Waals surface area contributed by atoms with E-state index >= 15 is 0 Å². The Bertz CT molecular complexity index is 1390. The van der Waals surface area contributed by atoms with Gasteiger partial charge in [-0.15, -0.1) is 0 Å². The largest absolute Gasteiger partial charge is 0.421 e. The second kappa shape index (κ2) is 10.1. The second-order valence-corrected chi connectivity index (χ2v) is 9.79. The van der Waals surface area contributed by atoms with Crippen molar-refractivity contribution in [3.63, 3.8) is 0 Å². The molecule has 0 fully saturated rings. The highest BCUT2D eigenvalue weighted by molar-refractivity contribution is 5.58. The topological polar surface area (TPSA) is 73.0 Å². The van der Waals surface area contributed by atoms with Gasteiger partial charge in [-0.2, -0.15) is 18.2 Å². The van der Waals surface area contributed by atoms with Crippen LogP contribution in [0, 0.1) is 0 Å². The van der Waals surface area contributed by atoms with E-state index in [1.165, 1.54) is 16.7 Å². The van der Waals surface area contributed by atoms with Crippen molar-refractivity contribution in [1.82, 2.24) is 24.8 Å². The van der Waals surface area contributed by atoms with Crippen LogP contribution in [0.2, 0.25) is 0 Å². The van der Waals surface area contributed by atoms with Gasteiger partial charge in [0.15, 0.2) is 0 Å². The minimum atomic E-state index is -4.56. The predicted octanol–water partition coefficient (Wildman–Crippen LogP) is 5.13. The molecule has 4 aromatic rings. The van der Waals surface area contributed by atoms with Gasteiger partial charge in [0.25, 0.3) is 0 Å². The Morgan fingerprint density at radius 3 is 2.34 bits per heavy atom. The first-order valence-electron chi connectivity index (χ1n) is 12.8. The highest BCUT2D eigenvalue weighted by Crippen LogP contribution is 2.37. The Morgan fingerprint density at radius 2 is 1.63 bits per heavy atom. The van der Waals surface area contributed by atoms with Crippen molar-refractivity contribution in [3.05, 3.63) is 94.7 Å². The fourth-order valence-corrected chi connectivity index (χ4v) is 5.22. The van der Waals surface area contributed by atoms with E-state index in [0.717, 1.165) is 55.7 Å². The first kappa shape index (κ1) is 24.4. The molecule has 0 atom stereocenters. The maximum absolute atomic E-state index is 13.8. The van der Waals surface area contributed by atoms with Crippen LogP contribution >= 0.6 is 0 Å². The summed E-state index contributed by atoms with van der Waals surface area (Å²) in [7, 11) is 0. The molecule has 4 heterocycles. The quantitative estimate of drug-likeness (QED) is 0.381. The normalized spacial score (nSPS) is 16.0. The van der Waals surface area contributed by atoms with Crippen molar-refractivity contribution in [2.75, 3.05) is 29.9 Å². The molecule has 6 rings (SSSR count). The van der Waals surface area contributed by atoms with Crippen molar-refractivity contribution in [1.29, 1.82) is 0 Å². The zero-order valence-electron chi connectivity index (χ0n) is 20.8. The van der Waals surface area contributed by atoms with Crippen LogP contribution in [0.4, 0.5) is 30.6 Å². The number of hydrogen-bond donors (Lipinski definition) is 2. The van der Waals surface area contributed by atoms with Gasteiger partial charge >= 0.3 is 6.18 Å². The van der Waals surface area contributed by atoms with Crippen LogP contribution in [0.5, 0.6) is 0 Å². The number of halogens is 3. The van der Waals surface area contributed by atoms with E-state index in [2.05, 4.69) is 54.4 Å². The minimum absolute atomic E-state index is 0.124. The first-order chi connectivity index (χ1) is 18.4. The SMILES string of the molecule is FC(F)(F)c1cnc(Nc2ccc(CN3CCc4ccccc4CC3)cc2)nc1N1CCc2[nH]cnc2C1. The van der Waals surface area contributed by atoms with E-state index in [-0.39, 0.29) is 18.3 Å². The molecule has 0 spiro atoms. The van der Waals surface area contributed by atoms with Gasteiger partial charge in [0, 0.05) is 50.2 Å². The Kier molecular flexibility index (Phi) is 6.49. The van der Waals surface area contributed by atoms with Gasteiger partial charge in [-0.25, -0.2) is 9.97 Å². The van der Waals surface area contributed by atoms with E-state index in [1.807, 2.05) is 24.3 Å². The molecule has 7 nitrogen and oxygen atoms in total. The lowest BCUT2D eigenvalue weighted by atomic mass is 10.0. The van der Waals surface area contributed by atoms with E-state index in [4.69, 9.17) is 0 Å². The highest BCUT2D eigenvalue weighted by atomic mass is 19.4. The van der Waals surface area contributed by atoms with Crippen LogP contribution in [-0.2, 0) is 38.5 Å². The van der Waals surface area contributed by atoms with Gasteiger partial charge < -0.3 is 15.2 Å². The number of fused-ring (bicyclic) bond motifs is 2. The first-order valence-corrected chi connectivity index (χ1v) is 12.8. The molecule has 0 amide bonds. The fourth-order valence-electron chi connectivity index (χ4n) is 5.22. The number of aromatic nitrogens is 4. The van der Waals surface area contributed by atoms with E-state index in [9.17, 15) is 13.2 Å². The van der Waals surface area contributed by atoms with Crippen molar-refractivity contribution >= 4 is 17.5 Å². The van der Waals surface area contributed by atoms with Gasteiger partial charge in [0.05, 0.1) is 18.6 Å². The fraction of sp³-hybridized carbons (Fsp3) is 0.321. The van der Waals surface area contributed by atoms with Crippen molar-refractivity contribution in [2.24, 2.45) is 0 Å². The number of anilines is 3. The number of aromatic amines is 1. The average Bonchev–Trinajstić information content (AvgIpc) is 3.30. The lowest BCUT2D eigenvalue weighted by Crippen LogP contribution is -2.33. The third kappa shape index (κ3) is 5.22. The molecule has 0 aliphatic carbocycles. The molecule has 0 saturated carbocycles. The third-order valence-corrected chi connectivity index (χ3v) is 7.28. The van der Waals surface area contributed by atoms with E-state index in [1.54, 1.807) is 11.2 Å². The number of imidazole rings is 1. The third-order valence-electron chi connectivity index (χ3n) is 7.28. The predicted molar refractivity (Wildman–Crippen MR) is 139 cm³/mol. The van der Waals surface area contributed by atoms with Gasteiger partial charge in [-0.1, -0.05) is 36.4 Å². The molecule has 38 heavy (non-hydrogen) atoms. The zero-order valence-corrected chi connectivity index (χ0v) is 20.8. The van der Waals surface area contributed by atoms with Crippen LogP contribution < -0.4 is 10.2 Å². The maximum Gasteiger partial charge on any atom is 0.421 e. The highest BCUT2D eigenvalue weighted by Gasteiger charge is 2.37. The van der Waals surface area contributed by atoms with Gasteiger partial charge in [0.1, 0.15) is 11.4 Å². The van der Waals surface area contributed by atoms with Gasteiger partial charge in [-0.3, -0.25) is 4.90 Å². The average molecular weight is 520 g/mol. The number of alkyl halides is 3.